The zero-order valence-corrected chi connectivity index (χ0v) is 17.3. The van der Waals surface area contributed by atoms with Crippen LogP contribution in [0.5, 0.6) is 0 Å². The van der Waals surface area contributed by atoms with E-state index < -0.39 is 58.9 Å². The first-order chi connectivity index (χ1) is 12.6. The van der Waals surface area contributed by atoms with Crippen LogP contribution in [0.15, 0.2) is 0 Å². The predicted octanol–water partition coefficient (Wildman–Crippen LogP) is 0.139. The number of thioether (sulfide) groups is 1. The lowest BCUT2D eigenvalue weighted by molar-refractivity contribution is -0.205. The number of amides is 1. The number of aliphatic hydroxyl groups excluding tert-OH is 3. The first-order valence-electron chi connectivity index (χ1n) is 9.22. The number of rotatable bonds is 7. The second kappa shape index (κ2) is 9.56. The summed E-state index contributed by atoms with van der Waals surface area (Å²) in [6.45, 7) is 3.64. The van der Waals surface area contributed by atoms with Crippen LogP contribution in [-0.4, -0.2) is 87.0 Å². The highest BCUT2D eigenvalue weighted by Gasteiger charge is 2.49. The fraction of sp³-hybridized carbons (Fsp3) is 0.941. The smallest absolute Gasteiger partial charge is 0.237 e. The Balaban J connectivity index is 2.08. The van der Waals surface area contributed by atoms with Gasteiger partial charge in [0.1, 0.15) is 35.5 Å². The SMILES string of the molecule is CCCC1(F)CN[C@H](C(=O)N[C@@H]([C@H]2O[C@H](SC)[C@H](O)[C@@H](O)[C@H]2O)[C@H](C)Cl)C1. The maximum atomic E-state index is 14.6. The summed E-state index contributed by atoms with van der Waals surface area (Å²) in [5.74, 6) is -0.430. The Morgan fingerprint density at radius 2 is 2.07 bits per heavy atom. The van der Waals surface area contributed by atoms with Crippen molar-refractivity contribution < 1.29 is 29.2 Å². The molecule has 9 atom stereocenters. The average Bonchev–Trinajstić information content (AvgIpc) is 3.00. The van der Waals surface area contributed by atoms with Crippen molar-refractivity contribution in [2.75, 3.05) is 12.8 Å². The molecule has 1 unspecified atom stereocenters. The highest BCUT2D eigenvalue weighted by atomic mass is 35.5. The van der Waals surface area contributed by atoms with Crippen LogP contribution in [0.2, 0.25) is 0 Å². The van der Waals surface area contributed by atoms with E-state index in [1.807, 2.05) is 6.92 Å². The monoisotopic (exact) mass is 428 g/mol. The summed E-state index contributed by atoms with van der Waals surface area (Å²) in [6, 6.07) is -1.53. The molecule has 2 rings (SSSR count). The summed E-state index contributed by atoms with van der Waals surface area (Å²) >= 11 is 7.40. The van der Waals surface area contributed by atoms with Crippen molar-refractivity contribution in [3.05, 3.63) is 0 Å². The van der Waals surface area contributed by atoms with Gasteiger partial charge in [-0.05, 0) is 19.6 Å². The van der Waals surface area contributed by atoms with Crippen molar-refractivity contribution >= 4 is 29.3 Å². The standard InChI is InChI=1S/C17H30ClFN2O5S/c1-4-5-17(19)6-9(20-7-17)15(25)21-10(8(2)18)14-12(23)11(22)13(24)16(26-14)27-3/h8-14,16,20,22-24H,4-7H2,1-3H3,(H,21,25)/t8-,9-,10+,11-,12+,13+,14+,16+,17?/m0/s1. The minimum atomic E-state index is -1.43. The van der Waals surface area contributed by atoms with Gasteiger partial charge in [-0.2, -0.15) is 0 Å². The Hall–Kier alpha value is -0.160. The molecule has 0 aliphatic carbocycles. The van der Waals surface area contributed by atoms with E-state index in [1.165, 1.54) is 11.8 Å². The number of ether oxygens (including phenoxy) is 1. The average molecular weight is 429 g/mol. The summed E-state index contributed by atoms with van der Waals surface area (Å²) in [6.07, 6.45) is -2.29. The maximum Gasteiger partial charge on any atom is 0.237 e. The number of hydrogen-bond donors (Lipinski definition) is 5. The van der Waals surface area contributed by atoms with E-state index in [0.29, 0.717) is 12.8 Å². The zero-order chi connectivity index (χ0) is 20.4. The normalized spacial score (nSPS) is 41.9. The first kappa shape index (κ1) is 23.1. The predicted molar refractivity (Wildman–Crippen MR) is 103 cm³/mol. The number of carbonyl (C=O) groups is 1. The molecule has 0 aromatic heterocycles. The van der Waals surface area contributed by atoms with Gasteiger partial charge in [-0.3, -0.25) is 4.79 Å². The van der Waals surface area contributed by atoms with Crippen molar-refractivity contribution in [3.8, 4) is 0 Å². The minimum absolute atomic E-state index is 0.0684. The largest absolute Gasteiger partial charge is 0.388 e. The lowest BCUT2D eigenvalue weighted by Crippen LogP contribution is -2.65. The van der Waals surface area contributed by atoms with E-state index in [-0.39, 0.29) is 13.0 Å². The molecular formula is C17H30ClFN2O5S. The lowest BCUT2D eigenvalue weighted by atomic mass is 9.92. The highest BCUT2D eigenvalue weighted by Crippen LogP contribution is 2.31. The molecule has 2 saturated heterocycles. The van der Waals surface area contributed by atoms with Gasteiger partial charge in [0, 0.05) is 13.0 Å². The fourth-order valence-corrected chi connectivity index (χ4v) is 4.61. The van der Waals surface area contributed by atoms with Gasteiger partial charge in [0.25, 0.3) is 0 Å². The fourth-order valence-electron chi connectivity index (χ4n) is 3.73. The molecule has 2 heterocycles. The highest BCUT2D eigenvalue weighted by molar-refractivity contribution is 7.99. The molecule has 2 aliphatic rings. The Morgan fingerprint density at radius 3 is 2.63 bits per heavy atom. The van der Waals surface area contributed by atoms with E-state index in [9.17, 15) is 24.5 Å². The Labute approximate surface area is 168 Å². The summed E-state index contributed by atoms with van der Waals surface area (Å²) in [7, 11) is 0. The number of hydrogen-bond acceptors (Lipinski definition) is 7. The van der Waals surface area contributed by atoms with E-state index in [4.69, 9.17) is 16.3 Å². The molecule has 0 saturated carbocycles. The zero-order valence-electron chi connectivity index (χ0n) is 15.8. The Kier molecular flexibility index (Phi) is 8.19. The molecule has 2 aliphatic heterocycles. The number of carbonyl (C=O) groups excluding carboxylic acids is 1. The van der Waals surface area contributed by atoms with Crippen LogP contribution >= 0.6 is 23.4 Å². The van der Waals surface area contributed by atoms with E-state index in [0.717, 1.165) is 0 Å². The molecule has 1 amide bonds. The second-order valence-electron chi connectivity index (χ2n) is 7.43. The quantitative estimate of drug-likeness (QED) is 0.367. The van der Waals surface area contributed by atoms with Gasteiger partial charge in [-0.25, -0.2) is 4.39 Å². The van der Waals surface area contributed by atoms with Gasteiger partial charge in [0.2, 0.25) is 5.91 Å². The van der Waals surface area contributed by atoms with Crippen LogP contribution in [0, 0.1) is 0 Å². The van der Waals surface area contributed by atoms with Crippen molar-refractivity contribution in [3.63, 3.8) is 0 Å². The molecule has 10 heteroatoms. The van der Waals surface area contributed by atoms with Crippen molar-refractivity contribution in [2.45, 2.75) is 86.1 Å². The number of nitrogens with one attached hydrogen (secondary N) is 2. The van der Waals surface area contributed by atoms with Crippen LogP contribution < -0.4 is 10.6 Å². The Bertz CT molecular complexity index is 518. The molecule has 27 heavy (non-hydrogen) atoms. The van der Waals surface area contributed by atoms with Crippen LogP contribution in [0.3, 0.4) is 0 Å². The molecule has 0 aromatic carbocycles. The lowest BCUT2D eigenvalue weighted by Gasteiger charge is -2.44. The maximum absolute atomic E-state index is 14.6. The summed E-state index contributed by atoms with van der Waals surface area (Å²) in [5.41, 5.74) is -2.18. The van der Waals surface area contributed by atoms with E-state index >= 15 is 0 Å². The minimum Gasteiger partial charge on any atom is -0.388 e. The van der Waals surface area contributed by atoms with Crippen LogP contribution in [0.25, 0.3) is 0 Å². The first-order valence-corrected chi connectivity index (χ1v) is 10.9. The van der Waals surface area contributed by atoms with Crippen LogP contribution in [0.4, 0.5) is 4.39 Å². The van der Waals surface area contributed by atoms with Crippen molar-refractivity contribution in [1.82, 2.24) is 10.6 Å². The van der Waals surface area contributed by atoms with Gasteiger partial charge in [-0.15, -0.1) is 23.4 Å². The summed E-state index contributed by atoms with van der Waals surface area (Å²) in [5, 5.41) is 35.4. The third-order valence-corrected chi connectivity index (χ3v) is 6.37. The van der Waals surface area contributed by atoms with Gasteiger partial charge >= 0.3 is 0 Å². The van der Waals surface area contributed by atoms with E-state index in [2.05, 4.69) is 10.6 Å². The number of halogens is 2. The van der Waals surface area contributed by atoms with Crippen LogP contribution in [-0.2, 0) is 9.53 Å². The molecule has 0 aromatic rings. The van der Waals surface area contributed by atoms with Crippen molar-refractivity contribution in [2.24, 2.45) is 0 Å². The third kappa shape index (κ3) is 5.26. The molecule has 7 nitrogen and oxygen atoms in total. The Morgan fingerprint density at radius 1 is 1.41 bits per heavy atom. The summed E-state index contributed by atoms with van der Waals surface area (Å²) in [4.78, 5) is 12.6. The molecule has 2 fully saturated rings. The number of alkyl halides is 2. The third-order valence-electron chi connectivity index (χ3n) is 5.25. The second-order valence-corrected chi connectivity index (χ2v) is 9.05. The molecule has 0 spiro atoms. The number of aliphatic hydroxyl groups is 3. The van der Waals surface area contributed by atoms with E-state index in [1.54, 1.807) is 13.2 Å². The van der Waals surface area contributed by atoms with Gasteiger partial charge in [0.15, 0.2) is 0 Å². The van der Waals surface area contributed by atoms with Gasteiger partial charge < -0.3 is 30.7 Å². The van der Waals surface area contributed by atoms with Crippen LogP contribution in [0.1, 0.15) is 33.1 Å². The topological polar surface area (TPSA) is 111 Å². The molecular weight excluding hydrogens is 399 g/mol. The molecule has 0 bridgehead atoms. The van der Waals surface area contributed by atoms with Gasteiger partial charge in [0.05, 0.1) is 17.5 Å². The molecule has 5 N–H and O–H groups in total. The van der Waals surface area contributed by atoms with Crippen molar-refractivity contribution in [1.29, 1.82) is 0 Å². The molecule has 158 valence electrons. The summed E-state index contributed by atoms with van der Waals surface area (Å²) < 4.78 is 20.3. The van der Waals surface area contributed by atoms with Gasteiger partial charge in [-0.1, -0.05) is 13.3 Å². The molecule has 0 radical (unpaired) electrons.